The fraction of sp³-hybridized carbons (Fsp3) is 0.600. The molecule has 1 aromatic carbocycles. The van der Waals surface area contributed by atoms with E-state index in [-0.39, 0.29) is 18.0 Å². The van der Waals surface area contributed by atoms with Gasteiger partial charge in [-0.3, -0.25) is 4.79 Å². The number of nitrogens with zero attached hydrogens (tertiary/aromatic N) is 1. The van der Waals surface area contributed by atoms with Crippen LogP contribution in [0.1, 0.15) is 48.0 Å². The van der Waals surface area contributed by atoms with Crippen molar-refractivity contribution in [3.8, 4) is 5.75 Å². The molecule has 3 amide bonds. The lowest BCUT2D eigenvalue weighted by Crippen LogP contribution is -2.42. The summed E-state index contributed by atoms with van der Waals surface area (Å²) in [5.41, 5.74) is 0.799. The Hall–Kier alpha value is -2.24. The topological polar surface area (TPSA) is 70.7 Å². The van der Waals surface area contributed by atoms with Crippen molar-refractivity contribution in [2.24, 2.45) is 11.3 Å². The minimum Gasteiger partial charge on any atom is -0.490 e. The van der Waals surface area contributed by atoms with Gasteiger partial charge in [-0.2, -0.15) is 0 Å². The monoisotopic (exact) mass is 361 g/mol. The van der Waals surface area contributed by atoms with Gasteiger partial charge in [0.15, 0.2) is 0 Å². The number of benzene rings is 1. The van der Waals surface area contributed by atoms with Gasteiger partial charge < -0.3 is 20.3 Å². The molecule has 0 saturated carbocycles. The normalized spacial score (nSPS) is 16.2. The molecule has 144 valence electrons. The number of hydrogen-bond donors (Lipinski definition) is 2. The fourth-order valence-electron chi connectivity index (χ4n) is 2.76. The Labute approximate surface area is 156 Å². The summed E-state index contributed by atoms with van der Waals surface area (Å²) in [6.07, 6.45) is 0.915. The van der Waals surface area contributed by atoms with Crippen molar-refractivity contribution in [1.29, 1.82) is 0 Å². The standard InChI is InChI=1S/C20H31N3O3/c1-13(2)9-10-23-16-8-7-15(22-19(25)21-14(3)4)11-17(16)26-12-20(5,6)18(23)24/h7-8,11,13-14H,9-10,12H2,1-6H3,(H2,21,22,25). The van der Waals surface area contributed by atoms with Crippen molar-refractivity contribution in [1.82, 2.24) is 5.32 Å². The molecule has 2 N–H and O–H groups in total. The average molecular weight is 361 g/mol. The molecule has 6 nitrogen and oxygen atoms in total. The average Bonchev–Trinajstić information content (AvgIpc) is 2.61. The molecule has 1 aliphatic rings. The molecule has 0 bridgehead atoms. The van der Waals surface area contributed by atoms with E-state index in [2.05, 4.69) is 24.5 Å². The fourth-order valence-corrected chi connectivity index (χ4v) is 2.76. The van der Waals surface area contributed by atoms with E-state index in [1.807, 2.05) is 38.7 Å². The molecule has 2 rings (SSSR count). The first-order valence-electron chi connectivity index (χ1n) is 9.26. The maximum absolute atomic E-state index is 13.0. The Morgan fingerprint density at radius 1 is 1.27 bits per heavy atom. The van der Waals surface area contributed by atoms with E-state index >= 15 is 0 Å². The molecular weight excluding hydrogens is 330 g/mol. The largest absolute Gasteiger partial charge is 0.490 e. The van der Waals surface area contributed by atoms with Crippen LogP contribution in [-0.2, 0) is 4.79 Å². The van der Waals surface area contributed by atoms with Crippen molar-refractivity contribution in [2.75, 3.05) is 23.4 Å². The summed E-state index contributed by atoms with van der Waals surface area (Å²) >= 11 is 0. The molecule has 1 aliphatic heterocycles. The number of anilines is 2. The summed E-state index contributed by atoms with van der Waals surface area (Å²) in [4.78, 5) is 26.7. The van der Waals surface area contributed by atoms with Crippen LogP contribution < -0.4 is 20.3 Å². The minimum atomic E-state index is -0.599. The second-order valence-corrected chi connectivity index (χ2v) is 8.25. The molecule has 0 radical (unpaired) electrons. The highest BCUT2D eigenvalue weighted by molar-refractivity contribution is 6.00. The number of urea groups is 1. The summed E-state index contributed by atoms with van der Waals surface area (Å²) in [7, 11) is 0. The van der Waals surface area contributed by atoms with E-state index in [0.717, 1.165) is 12.1 Å². The lowest BCUT2D eigenvalue weighted by Gasteiger charge is -2.28. The number of carbonyl (C=O) groups excluding carboxylic acids is 2. The highest BCUT2D eigenvalue weighted by Gasteiger charge is 2.37. The number of nitrogens with one attached hydrogen (secondary N) is 2. The van der Waals surface area contributed by atoms with Crippen molar-refractivity contribution in [3.05, 3.63) is 18.2 Å². The molecule has 0 unspecified atom stereocenters. The van der Waals surface area contributed by atoms with E-state index in [9.17, 15) is 9.59 Å². The van der Waals surface area contributed by atoms with Gasteiger partial charge in [0.2, 0.25) is 5.91 Å². The molecule has 1 aromatic rings. The van der Waals surface area contributed by atoms with E-state index in [1.54, 1.807) is 12.1 Å². The molecule has 0 fully saturated rings. The van der Waals surface area contributed by atoms with Crippen LogP contribution in [0.5, 0.6) is 5.75 Å². The predicted molar refractivity (Wildman–Crippen MR) is 105 cm³/mol. The molecule has 0 saturated heterocycles. The predicted octanol–water partition coefficient (Wildman–Crippen LogP) is 4.01. The van der Waals surface area contributed by atoms with Gasteiger partial charge in [0.25, 0.3) is 0 Å². The molecule has 0 aliphatic carbocycles. The molecule has 26 heavy (non-hydrogen) atoms. The lowest BCUT2D eigenvalue weighted by molar-refractivity contribution is -0.127. The minimum absolute atomic E-state index is 0.0528. The van der Waals surface area contributed by atoms with Crippen LogP contribution in [0.25, 0.3) is 0 Å². The van der Waals surface area contributed by atoms with Gasteiger partial charge in [0.05, 0.1) is 11.1 Å². The van der Waals surface area contributed by atoms with Crippen molar-refractivity contribution in [2.45, 2.75) is 54.0 Å². The number of hydrogen-bond acceptors (Lipinski definition) is 3. The zero-order chi connectivity index (χ0) is 19.5. The summed E-state index contributed by atoms with van der Waals surface area (Å²) in [5, 5.41) is 5.60. The summed E-state index contributed by atoms with van der Waals surface area (Å²) in [6, 6.07) is 5.22. The number of ether oxygens (including phenoxy) is 1. The van der Waals surface area contributed by atoms with Crippen LogP contribution in [0.15, 0.2) is 18.2 Å². The van der Waals surface area contributed by atoms with Crippen LogP contribution in [0.3, 0.4) is 0 Å². The first-order valence-corrected chi connectivity index (χ1v) is 9.26. The SMILES string of the molecule is CC(C)CCN1C(=O)C(C)(C)COc2cc(NC(=O)NC(C)C)ccc21. The van der Waals surface area contributed by atoms with Gasteiger partial charge in [0, 0.05) is 24.3 Å². The number of rotatable bonds is 5. The van der Waals surface area contributed by atoms with Crippen molar-refractivity contribution < 1.29 is 14.3 Å². The maximum atomic E-state index is 13.0. The number of carbonyl (C=O) groups is 2. The Morgan fingerprint density at radius 3 is 2.58 bits per heavy atom. The Kier molecular flexibility index (Phi) is 6.16. The van der Waals surface area contributed by atoms with E-state index < -0.39 is 5.41 Å². The Bertz CT molecular complexity index is 668. The van der Waals surface area contributed by atoms with E-state index in [0.29, 0.717) is 30.5 Å². The molecule has 0 aromatic heterocycles. The highest BCUT2D eigenvalue weighted by atomic mass is 16.5. The van der Waals surface area contributed by atoms with Crippen molar-refractivity contribution >= 4 is 23.3 Å². The molecule has 6 heteroatoms. The molecule has 0 spiro atoms. The third kappa shape index (κ3) is 4.90. The van der Waals surface area contributed by atoms with Gasteiger partial charge in [-0.15, -0.1) is 0 Å². The van der Waals surface area contributed by atoms with Crippen LogP contribution in [0.2, 0.25) is 0 Å². The van der Waals surface area contributed by atoms with Crippen LogP contribution in [-0.4, -0.2) is 31.1 Å². The number of fused-ring (bicyclic) bond motifs is 1. The van der Waals surface area contributed by atoms with Crippen molar-refractivity contribution in [3.63, 3.8) is 0 Å². The zero-order valence-corrected chi connectivity index (χ0v) is 16.7. The second kappa shape index (κ2) is 7.98. The van der Waals surface area contributed by atoms with E-state index in [4.69, 9.17) is 4.74 Å². The summed E-state index contributed by atoms with van der Waals surface area (Å²) in [5.74, 6) is 1.18. The Morgan fingerprint density at radius 2 is 1.96 bits per heavy atom. The smallest absolute Gasteiger partial charge is 0.319 e. The van der Waals surface area contributed by atoms with Gasteiger partial charge >= 0.3 is 6.03 Å². The molecule has 1 heterocycles. The maximum Gasteiger partial charge on any atom is 0.319 e. The van der Waals surface area contributed by atoms with Crippen LogP contribution >= 0.6 is 0 Å². The number of amides is 3. The Balaban J connectivity index is 2.29. The van der Waals surface area contributed by atoms with Crippen LogP contribution in [0.4, 0.5) is 16.2 Å². The first-order chi connectivity index (χ1) is 12.1. The van der Waals surface area contributed by atoms with Gasteiger partial charge in [0.1, 0.15) is 12.4 Å². The third-order valence-corrected chi connectivity index (χ3v) is 4.27. The third-order valence-electron chi connectivity index (χ3n) is 4.27. The summed E-state index contributed by atoms with van der Waals surface area (Å²) < 4.78 is 5.94. The second-order valence-electron chi connectivity index (χ2n) is 8.25. The highest BCUT2D eigenvalue weighted by Crippen LogP contribution is 2.38. The van der Waals surface area contributed by atoms with Gasteiger partial charge in [-0.1, -0.05) is 13.8 Å². The van der Waals surface area contributed by atoms with E-state index in [1.165, 1.54) is 0 Å². The molecule has 0 atom stereocenters. The molecular formula is C20H31N3O3. The van der Waals surface area contributed by atoms with Crippen LogP contribution in [0, 0.1) is 11.3 Å². The zero-order valence-electron chi connectivity index (χ0n) is 16.7. The van der Waals surface area contributed by atoms with Gasteiger partial charge in [-0.05, 0) is 52.2 Å². The quantitative estimate of drug-likeness (QED) is 0.832. The lowest BCUT2D eigenvalue weighted by atomic mass is 9.92. The first kappa shape index (κ1) is 20.1. The summed E-state index contributed by atoms with van der Waals surface area (Å²) in [6.45, 7) is 12.9. The van der Waals surface area contributed by atoms with Gasteiger partial charge in [-0.25, -0.2) is 4.79 Å².